The number of ether oxygens (including phenoxy) is 2. The molecule has 0 bridgehead atoms. The van der Waals surface area contributed by atoms with Crippen LogP contribution in [0.2, 0.25) is 0 Å². The van der Waals surface area contributed by atoms with Gasteiger partial charge in [0.2, 0.25) is 0 Å². The van der Waals surface area contributed by atoms with Crippen LogP contribution in [0.3, 0.4) is 0 Å². The molecule has 1 heterocycles. The minimum atomic E-state index is 0.607. The van der Waals surface area contributed by atoms with Crippen LogP contribution < -0.4 is 15.0 Å². The Morgan fingerprint density at radius 2 is 2.00 bits per heavy atom. The summed E-state index contributed by atoms with van der Waals surface area (Å²) in [5.74, 6) is 0.965. The van der Waals surface area contributed by atoms with Gasteiger partial charge < -0.3 is 19.7 Å². The van der Waals surface area contributed by atoms with Crippen LogP contribution in [0.1, 0.15) is 12.5 Å². The number of anilines is 1. The topological polar surface area (TPSA) is 33.7 Å². The molecule has 0 aromatic heterocycles. The third kappa shape index (κ3) is 4.11. The van der Waals surface area contributed by atoms with E-state index in [1.807, 2.05) is 6.92 Å². The van der Waals surface area contributed by atoms with E-state index in [1.54, 1.807) is 0 Å². The minimum absolute atomic E-state index is 0.607. The molecule has 19 heavy (non-hydrogen) atoms. The molecule has 1 aromatic carbocycles. The monoisotopic (exact) mass is 264 g/mol. The van der Waals surface area contributed by atoms with Crippen molar-refractivity contribution in [2.24, 2.45) is 0 Å². The van der Waals surface area contributed by atoms with Crippen molar-refractivity contribution in [3.05, 3.63) is 23.8 Å². The van der Waals surface area contributed by atoms with Crippen LogP contribution in [0.25, 0.3) is 0 Å². The number of aryl methyl sites for hydroxylation is 1. The van der Waals surface area contributed by atoms with E-state index in [4.69, 9.17) is 9.47 Å². The molecule has 2 rings (SSSR count). The summed E-state index contributed by atoms with van der Waals surface area (Å²) in [4.78, 5) is 2.39. The lowest BCUT2D eigenvalue weighted by Gasteiger charge is -2.31. The summed E-state index contributed by atoms with van der Waals surface area (Å²) in [5.41, 5.74) is 2.48. The van der Waals surface area contributed by atoms with Gasteiger partial charge in [0, 0.05) is 32.8 Å². The summed E-state index contributed by atoms with van der Waals surface area (Å²) in [6.45, 7) is 10.2. The van der Waals surface area contributed by atoms with Gasteiger partial charge in [0.25, 0.3) is 0 Å². The van der Waals surface area contributed by atoms with Gasteiger partial charge in [0.05, 0.1) is 12.3 Å². The molecule has 0 saturated carbocycles. The van der Waals surface area contributed by atoms with Gasteiger partial charge in [-0.25, -0.2) is 0 Å². The Labute approximate surface area is 115 Å². The molecule has 0 unspecified atom stereocenters. The molecule has 1 N–H and O–H groups in total. The average molecular weight is 264 g/mol. The van der Waals surface area contributed by atoms with Crippen LogP contribution >= 0.6 is 0 Å². The number of nitrogens with zero attached hydrogens (tertiary/aromatic N) is 1. The van der Waals surface area contributed by atoms with Crippen LogP contribution in [0.5, 0.6) is 5.75 Å². The normalized spacial score (nSPS) is 15.6. The lowest BCUT2D eigenvalue weighted by molar-refractivity contribution is 0.110. The zero-order valence-electron chi connectivity index (χ0n) is 11.9. The van der Waals surface area contributed by atoms with Gasteiger partial charge in [-0.1, -0.05) is 6.07 Å². The zero-order chi connectivity index (χ0) is 13.5. The maximum absolute atomic E-state index is 5.86. The van der Waals surface area contributed by atoms with E-state index in [0.717, 1.165) is 38.5 Å². The summed E-state index contributed by atoms with van der Waals surface area (Å²) in [6.07, 6.45) is 0. The van der Waals surface area contributed by atoms with Crippen LogP contribution in [-0.2, 0) is 4.74 Å². The largest absolute Gasteiger partial charge is 0.489 e. The number of nitrogens with one attached hydrogen (secondary N) is 1. The number of benzene rings is 1. The van der Waals surface area contributed by atoms with Gasteiger partial charge in [0.15, 0.2) is 0 Å². The van der Waals surface area contributed by atoms with Crippen molar-refractivity contribution in [3.63, 3.8) is 0 Å². The highest BCUT2D eigenvalue weighted by atomic mass is 16.5. The van der Waals surface area contributed by atoms with Crippen molar-refractivity contribution in [2.45, 2.75) is 13.8 Å². The highest BCUT2D eigenvalue weighted by Gasteiger charge is 2.15. The lowest BCUT2D eigenvalue weighted by atomic mass is 10.1. The summed E-state index contributed by atoms with van der Waals surface area (Å²) >= 11 is 0. The molecule has 0 atom stereocenters. The van der Waals surface area contributed by atoms with Crippen LogP contribution in [-0.4, -0.2) is 46.0 Å². The molecule has 0 aliphatic carbocycles. The van der Waals surface area contributed by atoms with Crippen LogP contribution in [0, 0.1) is 6.92 Å². The SMILES string of the molecule is CCOCCOc1ccc(C)cc1N1CCNCC1. The van der Waals surface area contributed by atoms with Gasteiger partial charge in [-0.3, -0.25) is 0 Å². The highest BCUT2D eigenvalue weighted by Crippen LogP contribution is 2.29. The fourth-order valence-corrected chi connectivity index (χ4v) is 2.26. The number of piperazine rings is 1. The maximum atomic E-state index is 5.86. The van der Waals surface area contributed by atoms with Crippen molar-refractivity contribution < 1.29 is 9.47 Å². The second-order valence-electron chi connectivity index (χ2n) is 4.75. The third-order valence-electron chi connectivity index (χ3n) is 3.26. The molecule has 0 spiro atoms. The van der Waals surface area contributed by atoms with E-state index in [-0.39, 0.29) is 0 Å². The predicted molar refractivity (Wildman–Crippen MR) is 78.2 cm³/mol. The number of hydrogen-bond acceptors (Lipinski definition) is 4. The Balaban J connectivity index is 2.03. The molecule has 0 amide bonds. The second-order valence-corrected chi connectivity index (χ2v) is 4.75. The first-order valence-electron chi connectivity index (χ1n) is 7.08. The molecule has 1 aliphatic heterocycles. The molecule has 0 radical (unpaired) electrons. The highest BCUT2D eigenvalue weighted by molar-refractivity contribution is 5.60. The Morgan fingerprint density at radius 1 is 1.21 bits per heavy atom. The smallest absolute Gasteiger partial charge is 0.142 e. The van der Waals surface area contributed by atoms with E-state index in [9.17, 15) is 0 Å². The van der Waals surface area contributed by atoms with Gasteiger partial charge in [-0.2, -0.15) is 0 Å². The molecular formula is C15H24N2O2. The first-order chi connectivity index (χ1) is 9.31. The quantitative estimate of drug-likeness (QED) is 0.795. The van der Waals surface area contributed by atoms with Gasteiger partial charge in [-0.15, -0.1) is 0 Å². The lowest BCUT2D eigenvalue weighted by Crippen LogP contribution is -2.43. The molecular weight excluding hydrogens is 240 g/mol. The van der Waals surface area contributed by atoms with Crippen molar-refractivity contribution in [3.8, 4) is 5.75 Å². The molecule has 106 valence electrons. The number of rotatable bonds is 6. The first kappa shape index (κ1) is 14.2. The molecule has 1 saturated heterocycles. The van der Waals surface area contributed by atoms with Crippen molar-refractivity contribution in [1.82, 2.24) is 5.32 Å². The van der Waals surface area contributed by atoms with Gasteiger partial charge in [-0.05, 0) is 31.5 Å². The predicted octanol–water partition coefficient (Wildman–Crippen LogP) is 1.82. The van der Waals surface area contributed by atoms with Crippen molar-refractivity contribution >= 4 is 5.69 Å². The van der Waals surface area contributed by atoms with Crippen LogP contribution in [0.4, 0.5) is 5.69 Å². The average Bonchev–Trinajstić information content (AvgIpc) is 2.46. The standard InChI is InChI=1S/C15H24N2O2/c1-3-18-10-11-19-15-5-4-13(2)12-14(15)17-8-6-16-7-9-17/h4-5,12,16H,3,6-11H2,1-2H3. The van der Waals surface area contributed by atoms with Crippen LogP contribution in [0.15, 0.2) is 18.2 Å². The summed E-state index contributed by atoms with van der Waals surface area (Å²) in [6, 6.07) is 6.38. The van der Waals surface area contributed by atoms with E-state index in [2.05, 4.69) is 35.3 Å². The van der Waals surface area contributed by atoms with Gasteiger partial charge in [0.1, 0.15) is 12.4 Å². The molecule has 4 heteroatoms. The Morgan fingerprint density at radius 3 is 2.74 bits per heavy atom. The van der Waals surface area contributed by atoms with Gasteiger partial charge >= 0.3 is 0 Å². The minimum Gasteiger partial charge on any atom is -0.489 e. The third-order valence-corrected chi connectivity index (χ3v) is 3.26. The first-order valence-corrected chi connectivity index (χ1v) is 7.08. The number of hydrogen-bond donors (Lipinski definition) is 1. The Bertz CT molecular complexity index is 390. The van der Waals surface area contributed by atoms with Crippen molar-refractivity contribution in [1.29, 1.82) is 0 Å². The summed E-state index contributed by atoms with van der Waals surface area (Å²) in [7, 11) is 0. The Kier molecular flexibility index (Phi) is 5.48. The fraction of sp³-hybridized carbons (Fsp3) is 0.600. The molecule has 1 aliphatic rings. The van der Waals surface area contributed by atoms with E-state index < -0.39 is 0 Å². The molecule has 1 aromatic rings. The summed E-state index contributed by atoms with van der Waals surface area (Å²) < 4.78 is 11.2. The summed E-state index contributed by atoms with van der Waals surface area (Å²) in [5, 5.41) is 3.38. The maximum Gasteiger partial charge on any atom is 0.142 e. The molecule has 1 fully saturated rings. The second kappa shape index (κ2) is 7.36. The molecule has 4 nitrogen and oxygen atoms in total. The van der Waals surface area contributed by atoms with Crippen molar-refractivity contribution in [2.75, 3.05) is 50.9 Å². The zero-order valence-corrected chi connectivity index (χ0v) is 11.9. The fourth-order valence-electron chi connectivity index (χ4n) is 2.26. The van der Waals surface area contributed by atoms with E-state index >= 15 is 0 Å². The van der Waals surface area contributed by atoms with E-state index in [1.165, 1.54) is 11.3 Å². The van der Waals surface area contributed by atoms with E-state index in [0.29, 0.717) is 13.2 Å². The Hall–Kier alpha value is -1.26.